The monoisotopic (exact) mass is 268 g/mol. The lowest BCUT2D eigenvalue weighted by Crippen LogP contribution is -2.31. The summed E-state index contributed by atoms with van der Waals surface area (Å²) in [6.45, 7) is 4.47. The van der Waals surface area contributed by atoms with Gasteiger partial charge in [0.15, 0.2) is 0 Å². The van der Waals surface area contributed by atoms with E-state index in [2.05, 4.69) is 41.5 Å². The van der Waals surface area contributed by atoms with Gasteiger partial charge in [0, 0.05) is 24.7 Å². The third-order valence-electron chi connectivity index (χ3n) is 4.91. The van der Waals surface area contributed by atoms with Crippen molar-refractivity contribution >= 4 is 10.9 Å². The molecule has 2 heteroatoms. The van der Waals surface area contributed by atoms with Crippen molar-refractivity contribution in [1.29, 1.82) is 0 Å². The van der Waals surface area contributed by atoms with Gasteiger partial charge in [-0.3, -0.25) is 4.98 Å². The van der Waals surface area contributed by atoms with Crippen molar-refractivity contribution in [3.05, 3.63) is 42.1 Å². The Labute approximate surface area is 121 Å². The first-order valence-corrected chi connectivity index (χ1v) is 7.86. The third-order valence-corrected chi connectivity index (χ3v) is 4.91. The maximum absolute atomic E-state index is 4.37. The molecule has 2 aromatic rings. The zero-order chi connectivity index (χ0) is 13.8. The number of nitrogens with one attached hydrogen (secondary N) is 1. The second-order valence-corrected chi connectivity index (χ2v) is 6.19. The topological polar surface area (TPSA) is 24.9 Å². The number of hydrogen-bond acceptors (Lipinski definition) is 2. The fourth-order valence-electron chi connectivity index (χ4n) is 3.49. The Morgan fingerprint density at radius 3 is 2.85 bits per heavy atom. The predicted molar refractivity (Wildman–Crippen MR) is 84.6 cm³/mol. The van der Waals surface area contributed by atoms with Crippen molar-refractivity contribution in [2.75, 3.05) is 6.54 Å². The Morgan fingerprint density at radius 2 is 2.05 bits per heavy atom. The molecular formula is C18H24N2. The number of rotatable bonds is 5. The van der Waals surface area contributed by atoms with Crippen LogP contribution in [0.3, 0.4) is 0 Å². The smallest absolute Gasteiger partial charge is 0.0702 e. The van der Waals surface area contributed by atoms with Crippen LogP contribution < -0.4 is 5.32 Å². The first-order valence-electron chi connectivity index (χ1n) is 7.86. The zero-order valence-electron chi connectivity index (χ0n) is 12.4. The highest BCUT2D eigenvalue weighted by Crippen LogP contribution is 2.40. The first kappa shape index (κ1) is 13.6. The molecular weight excluding hydrogens is 244 g/mol. The zero-order valence-corrected chi connectivity index (χ0v) is 12.4. The van der Waals surface area contributed by atoms with Gasteiger partial charge in [0.2, 0.25) is 0 Å². The molecule has 106 valence electrons. The molecule has 1 aromatic carbocycles. The van der Waals surface area contributed by atoms with Crippen LogP contribution >= 0.6 is 0 Å². The average molecular weight is 268 g/mol. The molecule has 1 heterocycles. The van der Waals surface area contributed by atoms with Crippen LogP contribution in [-0.2, 0) is 6.54 Å². The van der Waals surface area contributed by atoms with E-state index in [9.17, 15) is 0 Å². The van der Waals surface area contributed by atoms with Crippen molar-refractivity contribution < 1.29 is 0 Å². The Hall–Kier alpha value is -1.41. The van der Waals surface area contributed by atoms with Crippen LogP contribution in [0, 0.1) is 5.41 Å². The molecule has 0 aliphatic heterocycles. The summed E-state index contributed by atoms with van der Waals surface area (Å²) in [5.41, 5.74) is 3.00. The van der Waals surface area contributed by atoms with Crippen LogP contribution in [0.1, 0.15) is 44.6 Å². The maximum Gasteiger partial charge on any atom is 0.0702 e. The molecule has 0 bridgehead atoms. The molecule has 1 N–H and O–H groups in total. The highest BCUT2D eigenvalue weighted by molar-refractivity contribution is 5.78. The van der Waals surface area contributed by atoms with Gasteiger partial charge in [-0.1, -0.05) is 31.9 Å². The lowest BCUT2D eigenvalue weighted by atomic mass is 9.83. The fraction of sp³-hybridized carbons (Fsp3) is 0.500. The Morgan fingerprint density at radius 1 is 1.20 bits per heavy atom. The van der Waals surface area contributed by atoms with Crippen molar-refractivity contribution in [3.63, 3.8) is 0 Å². The molecule has 20 heavy (non-hydrogen) atoms. The van der Waals surface area contributed by atoms with Crippen LogP contribution in [0.2, 0.25) is 0 Å². The number of aromatic nitrogens is 1. The normalized spacial score (nSPS) is 17.6. The van der Waals surface area contributed by atoms with Crippen molar-refractivity contribution in [1.82, 2.24) is 10.3 Å². The van der Waals surface area contributed by atoms with Gasteiger partial charge in [0.25, 0.3) is 0 Å². The van der Waals surface area contributed by atoms with Gasteiger partial charge in [-0.2, -0.15) is 0 Å². The molecule has 1 aromatic heterocycles. The molecule has 0 spiro atoms. The molecule has 0 unspecified atom stereocenters. The van der Waals surface area contributed by atoms with E-state index in [0.717, 1.165) is 18.6 Å². The highest BCUT2D eigenvalue weighted by atomic mass is 14.9. The molecule has 1 fully saturated rings. The van der Waals surface area contributed by atoms with E-state index >= 15 is 0 Å². The third kappa shape index (κ3) is 2.85. The van der Waals surface area contributed by atoms with Gasteiger partial charge in [-0.05, 0) is 48.4 Å². The van der Waals surface area contributed by atoms with Crippen molar-refractivity contribution in [2.24, 2.45) is 5.41 Å². The predicted octanol–water partition coefficient (Wildman–Crippen LogP) is 4.29. The lowest BCUT2D eigenvalue weighted by molar-refractivity contribution is 0.268. The SMILES string of the molecule is CCC1(CNCc2ccc3ncccc3c2)CCCC1. The summed E-state index contributed by atoms with van der Waals surface area (Å²) in [6.07, 6.45) is 8.79. The summed E-state index contributed by atoms with van der Waals surface area (Å²) in [5, 5.41) is 4.91. The van der Waals surface area contributed by atoms with Gasteiger partial charge < -0.3 is 5.32 Å². The van der Waals surface area contributed by atoms with Gasteiger partial charge in [0.05, 0.1) is 5.52 Å². The molecule has 0 atom stereocenters. The molecule has 0 saturated heterocycles. The van der Waals surface area contributed by atoms with Gasteiger partial charge in [-0.15, -0.1) is 0 Å². The average Bonchev–Trinajstić information content (AvgIpc) is 2.96. The standard InChI is InChI=1S/C18H24N2/c1-2-18(9-3-4-10-18)14-19-13-15-7-8-17-16(12-15)6-5-11-20-17/h5-8,11-12,19H,2-4,9-10,13-14H2,1H3. The van der Waals surface area contributed by atoms with E-state index in [0.29, 0.717) is 5.41 Å². The molecule has 1 saturated carbocycles. The van der Waals surface area contributed by atoms with E-state index in [1.54, 1.807) is 0 Å². The lowest BCUT2D eigenvalue weighted by Gasteiger charge is -2.27. The van der Waals surface area contributed by atoms with Gasteiger partial charge >= 0.3 is 0 Å². The minimum Gasteiger partial charge on any atom is -0.312 e. The summed E-state index contributed by atoms with van der Waals surface area (Å²) in [6, 6.07) is 10.7. The summed E-state index contributed by atoms with van der Waals surface area (Å²) in [5.74, 6) is 0. The molecule has 3 rings (SSSR count). The van der Waals surface area contributed by atoms with Crippen LogP contribution in [-0.4, -0.2) is 11.5 Å². The molecule has 2 nitrogen and oxygen atoms in total. The molecule has 1 aliphatic carbocycles. The molecule has 0 amide bonds. The highest BCUT2D eigenvalue weighted by Gasteiger charge is 2.31. The van der Waals surface area contributed by atoms with E-state index in [4.69, 9.17) is 0 Å². The number of fused-ring (bicyclic) bond motifs is 1. The second-order valence-electron chi connectivity index (χ2n) is 6.19. The van der Waals surface area contributed by atoms with E-state index < -0.39 is 0 Å². The van der Waals surface area contributed by atoms with E-state index in [1.165, 1.54) is 43.1 Å². The largest absolute Gasteiger partial charge is 0.312 e. The summed E-state index contributed by atoms with van der Waals surface area (Å²) in [7, 11) is 0. The van der Waals surface area contributed by atoms with E-state index in [1.807, 2.05) is 12.3 Å². The maximum atomic E-state index is 4.37. The van der Waals surface area contributed by atoms with Crippen LogP contribution in [0.15, 0.2) is 36.5 Å². The minimum absolute atomic E-state index is 0.568. The number of benzene rings is 1. The second kappa shape index (κ2) is 5.92. The number of hydrogen-bond donors (Lipinski definition) is 1. The van der Waals surface area contributed by atoms with Gasteiger partial charge in [-0.25, -0.2) is 0 Å². The number of pyridine rings is 1. The number of nitrogens with zero attached hydrogens (tertiary/aromatic N) is 1. The van der Waals surface area contributed by atoms with Crippen LogP contribution in [0.5, 0.6) is 0 Å². The van der Waals surface area contributed by atoms with E-state index in [-0.39, 0.29) is 0 Å². The Kier molecular flexibility index (Phi) is 4.02. The molecule has 1 aliphatic rings. The molecule has 0 radical (unpaired) electrons. The van der Waals surface area contributed by atoms with Crippen molar-refractivity contribution in [3.8, 4) is 0 Å². The Balaban J connectivity index is 1.62. The van der Waals surface area contributed by atoms with Crippen molar-refractivity contribution in [2.45, 2.75) is 45.6 Å². The quantitative estimate of drug-likeness (QED) is 0.874. The minimum atomic E-state index is 0.568. The summed E-state index contributed by atoms with van der Waals surface area (Å²) < 4.78 is 0. The summed E-state index contributed by atoms with van der Waals surface area (Å²) in [4.78, 5) is 4.37. The first-order chi connectivity index (χ1) is 9.81. The van der Waals surface area contributed by atoms with Crippen LogP contribution in [0.4, 0.5) is 0 Å². The van der Waals surface area contributed by atoms with Gasteiger partial charge in [0.1, 0.15) is 0 Å². The van der Waals surface area contributed by atoms with Crippen LogP contribution in [0.25, 0.3) is 10.9 Å². The fourth-order valence-corrected chi connectivity index (χ4v) is 3.49. The summed E-state index contributed by atoms with van der Waals surface area (Å²) >= 11 is 0. The Bertz CT molecular complexity index is 570.